The van der Waals surface area contributed by atoms with E-state index in [1.807, 2.05) is 30.3 Å². The fraction of sp³-hybridized carbons (Fsp3) is 0.130. The number of benzene rings is 3. The topological polar surface area (TPSA) is 99.1 Å². The van der Waals surface area contributed by atoms with Crippen LogP contribution in [0.1, 0.15) is 11.1 Å². The SMILES string of the molecule is O=C(CN(CCc1ccccc1)S(=O)(=O)c1ccc(Br)cc1)N/N=C\c1ccccc1O. The van der Waals surface area contributed by atoms with Crippen LogP contribution in [0.4, 0.5) is 0 Å². The second-order valence-electron chi connectivity index (χ2n) is 6.88. The predicted octanol–water partition coefficient (Wildman–Crippen LogP) is 3.54. The summed E-state index contributed by atoms with van der Waals surface area (Å²) in [5, 5.41) is 13.6. The number of nitrogens with one attached hydrogen (secondary N) is 1. The molecule has 0 fully saturated rings. The van der Waals surface area contributed by atoms with E-state index in [9.17, 15) is 18.3 Å². The van der Waals surface area contributed by atoms with Crippen LogP contribution in [0.3, 0.4) is 0 Å². The largest absolute Gasteiger partial charge is 0.507 e. The lowest BCUT2D eigenvalue weighted by molar-refractivity contribution is -0.121. The normalized spacial score (nSPS) is 11.7. The summed E-state index contributed by atoms with van der Waals surface area (Å²) in [5.74, 6) is -0.571. The first-order chi connectivity index (χ1) is 15.4. The van der Waals surface area contributed by atoms with Crippen LogP contribution in [-0.2, 0) is 21.2 Å². The molecular formula is C23H22BrN3O4S. The van der Waals surface area contributed by atoms with Crippen LogP contribution >= 0.6 is 15.9 Å². The van der Waals surface area contributed by atoms with Crippen molar-refractivity contribution >= 4 is 38.1 Å². The van der Waals surface area contributed by atoms with Gasteiger partial charge in [0.15, 0.2) is 0 Å². The number of amides is 1. The van der Waals surface area contributed by atoms with Gasteiger partial charge in [-0.25, -0.2) is 13.8 Å². The number of hydrogen-bond acceptors (Lipinski definition) is 5. The van der Waals surface area contributed by atoms with Gasteiger partial charge in [0.25, 0.3) is 5.91 Å². The molecule has 1 amide bonds. The Morgan fingerprint density at radius 3 is 2.34 bits per heavy atom. The zero-order valence-electron chi connectivity index (χ0n) is 17.1. The quantitative estimate of drug-likeness (QED) is 0.336. The minimum atomic E-state index is -3.91. The maximum Gasteiger partial charge on any atom is 0.255 e. The van der Waals surface area contributed by atoms with Gasteiger partial charge in [-0.1, -0.05) is 58.4 Å². The fourth-order valence-corrected chi connectivity index (χ4v) is 4.57. The van der Waals surface area contributed by atoms with Crippen molar-refractivity contribution in [2.75, 3.05) is 13.1 Å². The number of halogens is 1. The highest BCUT2D eigenvalue weighted by Gasteiger charge is 2.26. The number of carbonyl (C=O) groups excluding carboxylic acids is 1. The molecule has 0 saturated heterocycles. The first-order valence-electron chi connectivity index (χ1n) is 9.76. The Hall–Kier alpha value is -3.01. The minimum absolute atomic E-state index is 0.0211. The van der Waals surface area contributed by atoms with Gasteiger partial charge in [-0.3, -0.25) is 4.79 Å². The number of carbonyl (C=O) groups is 1. The molecule has 0 aliphatic carbocycles. The van der Waals surface area contributed by atoms with E-state index in [0.717, 1.165) is 14.3 Å². The third-order valence-electron chi connectivity index (χ3n) is 4.59. The maximum atomic E-state index is 13.2. The predicted molar refractivity (Wildman–Crippen MR) is 127 cm³/mol. The van der Waals surface area contributed by atoms with E-state index in [4.69, 9.17) is 0 Å². The molecule has 0 heterocycles. The van der Waals surface area contributed by atoms with Crippen molar-refractivity contribution < 1.29 is 18.3 Å². The van der Waals surface area contributed by atoms with Gasteiger partial charge in [-0.2, -0.15) is 9.41 Å². The summed E-state index contributed by atoms with van der Waals surface area (Å²) >= 11 is 3.30. The van der Waals surface area contributed by atoms with E-state index in [1.165, 1.54) is 24.4 Å². The number of aromatic hydroxyl groups is 1. The Morgan fingerprint density at radius 1 is 1.00 bits per heavy atom. The maximum absolute atomic E-state index is 13.2. The summed E-state index contributed by atoms with van der Waals surface area (Å²) in [6, 6.07) is 22.2. The molecule has 0 atom stereocenters. The van der Waals surface area contributed by atoms with E-state index >= 15 is 0 Å². The van der Waals surface area contributed by atoms with Gasteiger partial charge in [0.2, 0.25) is 10.0 Å². The highest BCUT2D eigenvalue weighted by molar-refractivity contribution is 9.10. The molecule has 7 nitrogen and oxygen atoms in total. The van der Waals surface area contributed by atoms with Crippen molar-refractivity contribution in [2.45, 2.75) is 11.3 Å². The van der Waals surface area contributed by atoms with Crippen molar-refractivity contribution in [1.82, 2.24) is 9.73 Å². The second-order valence-corrected chi connectivity index (χ2v) is 9.73. The molecule has 32 heavy (non-hydrogen) atoms. The lowest BCUT2D eigenvalue weighted by atomic mass is 10.1. The molecule has 166 valence electrons. The number of hydrazone groups is 1. The number of phenolic OH excluding ortho intramolecular Hbond substituents is 1. The van der Waals surface area contributed by atoms with E-state index in [2.05, 4.69) is 26.5 Å². The van der Waals surface area contributed by atoms with Gasteiger partial charge < -0.3 is 5.11 Å². The summed E-state index contributed by atoms with van der Waals surface area (Å²) in [7, 11) is -3.91. The second kappa shape index (κ2) is 11.0. The van der Waals surface area contributed by atoms with E-state index in [0.29, 0.717) is 12.0 Å². The summed E-state index contributed by atoms with van der Waals surface area (Å²) in [6.07, 6.45) is 1.75. The molecule has 0 aliphatic rings. The molecule has 0 unspecified atom stereocenters. The number of phenols is 1. The van der Waals surface area contributed by atoms with Crippen molar-refractivity contribution in [1.29, 1.82) is 0 Å². The first kappa shape index (κ1) is 23.6. The van der Waals surface area contributed by atoms with Gasteiger partial charge in [0.1, 0.15) is 5.75 Å². The van der Waals surface area contributed by atoms with Crippen LogP contribution < -0.4 is 5.43 Å². The smallest absolute Gasteiger partial charge is 0.255 e. The number of hydrogen-bond donors (Lipinski definition) is 2. The third-order valence-corrected chi connectivity index (χ3v) is 6.98. The van der Waals surface area contributed by atoms with Crippen molar-refractivity contribution in [3.63, 3.8) is 0 Å². The van der Waals surface area contributed by atoms with Crippen molar-refractivity contribution in [3.8, 4) is 5.75 Å². The molecule has 9 heteroatoms. The molecule has 3 rings (SSSR count). The van der Waals surface area contributed by atoms with Crippen LogP contribution in [0.5, 0.6) is 5.75 Å². The van der Waals surface area contributed by atoms with Crippen molar-refractivity contribution in [3.05, 3.63) is 94.5 Å². The van der Waals surface area contributed by atoms with Crippen LogP contribution in [0, 0.1) is 0 Å². The van der Waals surface area contributed by atoms with Gasteiger partial charge in [0.05, 0.1) is 17.7 Å². The Morgan fingerprint density at radius 2 is 1.66 bits per heavy atom. The molecular weight excluding hydrogens is 494 g/mol. The molecule has 0 radical (unpaired) electrons. The zero-order chi connectivity index (χ0) is 23.0. The first-order valence-corrected chi connectivity index (χ1v) is 12.0. The van der Waals surface area contributed by atoms with Crippen molar-refractivity contribution in [2.24, 2.45) is 5.10 Å². The van der Waals surface area contributed by atoms with Crippen LogP contribution in [0.2, 0.25) is 0 Å². The summed E-state index contributed by atoms with van der Waals surface area (Å²) < 4.78 is 28.3. The van der Waals surface area contributed by atoms with Crippen LogP contribution in [-0.4, -0.2) is 43.0 Å². The van der Waals surface area contributed by atoms with Gasteiger partial charge in [0, 0.05) is 16.6 Å². The lowest BCUT2D eigenvalue weighted by Crippen LogP contribution is -2.40. The molecule has 3 aromatic carbocycles. The standard InChI is InChI=1S/C23H22BrN3O4S/c24-20-10-12-21(13-11-20)32(30,31)27(15-14-18-6-2-1-3-7-18)17-23(29)26-25-16-19-8-4-5-9-22(19)28/h1-13,16,28H,14-15,17H2,(H,26,29)/b25-16-. The van der Waals surface area contributed by atoms with E-state index in [-0.39, 0.29) is 17.2 Å². The fourth-order valence-electron chi connectivity index (χ4n) is 2.90. The number of sulfonamides is 1. The number of para-hydroxylation sites is 1. The number of nitrogens with zero attached hydrogens (tertiary/aromatic N) is 2. The monoisotopic (exact) mass is 515 g/mol. The average Bonchev–Trinajstić information content (AvgIpc) is 2.79. The van der Waals surface area contributed by atoms with E-state index in [1.54, 1.807) is 30.3 Å². The summed E-state index contributed by atoms with van der Waals surface area (Å²) in [4.78, 5) is 12.6. The summed E-state index contributed by atoms with van der Waals surface area (Å²) in [6.45, 7) is -0.275. The highest BCUT2D eigenvalue weighted by Crippen LogP contribution is 2.19. The Kier molecular flexibility index (Phi) is 8.15. The number of rotatable bonds is 9. The Bertz CT molecular complexity index is 1180. The molecule has 0 aliphatic heterocycles. The Balaban J connectivity index is 1.74. The molecule has 0 bridgehead atoms. The van der Waals surface area contributed by atoms with Gasteiger partial charge in [-0.15, -0.1) is 0 Å². The highest BCUT2D eigenvalue weighted by atomic mass is 79.9. The lowest BCUT2D eigenvalue weighted by Gasteiger charge is -2.21. The summed E-state index contributed by atoms with van der Waals surface area (Å²) in [5.41, 5.74) is 3.71. The Labute approximate surface area is 195 Å². The zero-order valence-corrected chi connectivity index (χ0v) is 19.5. The molecule has 0 saturated carbocycles. The molecule has 3 aromatic rings. The van der Waals surface area contributed by atoms with Crippen LogP contribution in [0.25, 0.3) is 0 Å². The molecule has 0 aromatic heterocycles. The molecule has 0 spiro atoms. The van der Waals surface area contributed by atoms with Gasteiger partial charge in [-0.05, 0) is 48.4 Å². The third kappa shape index (κ3) is 6.49. The minimum Gasteiger partial charge on any atom is -0.507 e. The van der Waals surface area contributed by atoms with Crippen LogP contribution in [0.15, 0.2) is 93.3 Å². The molecule has 2 N–H and O–H groups in total. The average molecular weight is 516 g/mol. The van der Waals surface area contributed by atoms with Gasteiger partial charge >= 0.3 is 0 Å². The van der Waals surface area contributed by atoms with E-state index < -0.39 is 22.5 Å².